The number of carbonyl (C=O) groups is 1. The summed E-state index contributed by atoms with van der Waals surface area (Å²) in [4.78, 5) is 12.0. The highest BCUT2D eigenvalue weighted by Gasteiger charge is 2.09. The minimum atomic E-state index is -0.0480. The molecule has 0 saturated carbocycles. The zero-order valence-corrected chi connectivity index (χ0v) is 15.1. The van der Waals surface area contributed by atoms with Gasteiger partial charge in [0.1, 0.15) is 5.75 Å². The molecule has 24 heavy (non-hydrogen) atoms. The van der Waals surface area contributed by atoms with Crippen LogP contribution in [0.4, 0.5) is 5.69 Å². The Hall–Kier alpha value is -2.20. The first-order valence-electron chi connectivity index (χ1n) is 7.89. The summed E-state index contributed by atoms with van der Waals surface area (Å²) in [5.41, 5.74) is 1.99. The maximum Gasteiger partial charge on any atom is 0.239 e. The van der Waals surface area contributed by atoms with Gasteiger partial charge in [0.05, 0.1) is 18.7 Å². The van der Waals surface area contributed by atoms with Crippen molar-refractivity contribution in [1.82, 2.24) is 5.32 Å². The quantitative estimate of drug-likeness (QED) is 0.789. The third-order valence-electron chi connectivity index (χ3n) is 3.36. The molecule has 2 rings (SSSR count). The number of nitrogens with one attached hydrogen (secondary N) is 2. The molecule has 0 heterocycles. The molecule has 4 nitrogen and oxygen atoms in total. The number of ether oxygens (including phenoxy) is 1. The topological polar surface area (TPSA) is 50.4 Å². The second-order valence-corrected chi connectivity index (χ2v) is 5.74. The van der Waals surface area contributed by atoms with Crippen LogP contribution in [0.2, 0.25) is 0 Å². The van der Waals surface area contributed by atoms with Gasteiger partial charge in [0.15, 0.2) is 0 Å². The first-order valence-corrected chi connectivity index (χ1v) is 7.89. The number of para-hydroxylation sites is 1. The Balaban J connectivity index is 0.00000288. The molecule has 0 aliphatic heterocycles. The van der Waals surface area contributed by atoms with E-state index in [9.17, 15) is 4.79 Å². The Kier molecular flexibility index (Phi) is 8.13. The van der Waals surface area contributed by atoms with Crippen molar-refractivity contribution in [3.05, 3.63) is 60.2 Å². The summed E-state index contributed by atoms with van der Waals surface area (Å²) in [6.07, 6.45) is 0.155. The second-order valence-electron chi connectivity index (χ2n) is 5.74. The van der Waals surface area contributed by atoms with E-state index in [1.54, 1.807) is 0 Å². The molecular weight excluding hydrogens is 324 g/mol. The van der Waals surface area contributed by atoms with E-state index in [2.05, 4.69) is 10.6 Å². The molecule has 1 unspecified atom stereocenters. The summed E-state index contributed by atoms with van der Waals surface area (Å²) in [7, 11) is 0. The number of hydrogen-bond donors (Lipinski definition) is 2. The molecule has 0 aliphatic rings. The lowest BCUT2D eigenvalue weighted by atomic mass is 10.1. The largest absolute Gasteiger partial charge is 0.491 e. The fourth-order valence-corrected chi connectivity index (χ4v) is 2.22. The average Bonchev–Trinajstić information content (AvgIpc) is 2.54. The molecule has 1 atom stereocenters. The predicted molar refractivity (Wildman–Crippen MR) is 101 cm³/mol. The highest BCUT2D eigenvalue weighted by Crippen LogP contribution is 2.18. The summed E-state index contributed by atoms with van der Waals surface area (Å²) in [6.45, 7) is 6.22. The molecule has 130 valence electrons. The van der Waals surface area contributed by atoms with Gasteiger partial charge in [-0.3, -0.25) is 4.79 Å². The van der Waals surface area contributed by atoms with Crippen LogP contribution in [0.5, 0.6) is 5.75 Å². The van der Waals surface area contributed by atoms with Gasteiger partial charge in [-0.2, -0.15) is 0 Å². The number of halogens is 1. The summed E-state index contributed by atoms with van der Waals surface area (Å²) in [5, 5.41) is 6.08. The van der Waals surface area contributed by atoms with Crippen molar-refractivity contribution in [2.24, 2.45) is 0 Å². The van der Waals surface area contributed by atoms with Crippen molar-refractivity contribution in [2.75, 3.05) is 11.9 Å². The van der Waals surface area contributed by atoms with Crippen molar-refractivity contribution in [3.8, 4) is 5.75 Å². The molecule has 2 N–H and O–H groups in total. The highest BCUT2D eigenvalue weighted by molar-refractivity contribution is 5.85. The van der Waals surface area contributed by atoms with E-state index in [0.717, 1.165) is 17.0 Å². The first-order chi connectivity index (χ1) is 11.0. The third kappa shape index (κ3) is 6.50. The molecule has 0 fully saturated rings. The smallest absolute Gasteiger partial charge is 0.239 e. The van der Waals surface area contributed by atoms with Crippen LogP contribution in [0.3, 0.4) is 0 Å². The van der Waals surface area contributed by atoms with Gasteiger partial charge in [-0.25, -0.2) is 0 Å². The van der Waals surface area contributed by atoms with Gasteiger partial charge in [0.25, 0.3) is 0 Å². The number of anilines is 1. The first kappa shape index (κ1) is 19.8. The van der Waals surface area contributed by atoms with Crippen LogP contribution < -0.4 is 15.4 Å². The third-order valence-corrected chi connectivity index (χ3v) is 3.36. The molecule has 0 radical (unpaired) electrons. The van der Waals surface area contributed by atoms with Crippen LogP contribution in [0.1, 0.15) is 32.4 Å². The molecule has 0 spiro atoms. The highest BCUT2D eigenvalue weighted by atomic mass is 35.5. The molecule has 0 bridgehead atoms. The summed E-state index contributed by atoms with van der Waals surface area (Å²) in [6, 6.07) is 17.5. The molecular formula is C19H25ClN2O2. The summed E-state index contributed by atoms with van der Waals surface area (Å²) < 4.78 is 5.62. The van der Waals surface area contributed by atoms with E-state index < -0.39 is 0 Å². The lowest BCUT2D eigenvalue weighted by Crippen LogP contribution is -2.32. The van der Waals surface area contributed by atoms with Crippen LogP contribution in [-0.4, -0.2) is 18.6 Å². The normalized spacial score (nSPS) is 11.3. The van der Waals surface area contributed by atoms with E-state index in [4.69, 9.17) is 4.74 Å². The lowest BCUT2D eigenvalue weighted by Gasteiger charge is -2.16. The van der Waals surface area contributed by atoms with Gasteiger partial charge in [-0.1, -0.05) is 30.3 Å². The molecule has 0 aliphatic carbocycles. The fraction of sp³-hybridized carbons (Fsp3) is 0.316. The van der Waals surface area contributed by atoms with E-state index >= 15 is 0 Å². The Labute approximate surface area is 150 Å². The van der Waals surface area contributed by atoms with E-state index in [-0.39, 0.29) is 37.0 Å². The molecule has 1 amide bonds. The van der Waals surface area contributed by atoms with Gasteiger partial charge in [0, 0.05) is 5.69 Å². The minimum absolute atomic E-state index is 0. The molecule has 2 aromatic rings. The zero-order valence-electron chi connectivity index (χ0n) is 14.3. The number of hydrogen-bond acceptors (Lipinski definition) is 3. The number of rotatable bonds is 7. The average molecular weight is 349 g/mol. The fourth-order valence-electron chi connectivity index (χ4n) is 2.22. The molecule has 2 aromatic carbocycles. The van der Waals surface area contributed by atoms with Crippen molar-refractivity contribution in [3.63, 3.8) is 0 Å². The predicted octanol–water partition coefficient (Wildman–Crippen LogP) is 4.18. The Morgan fingerprint density at radius 1 is 1.00 bits per heavy atom. The van der Waals surface area contributed by atoms with Crippen molar-refractivity contribution in [2.45, 2.75) is 32.9 Å². The SMILES string of the molecule is CC(C)Oc1ccc(C(C)NC(=O)CNc2ccccc2)cc1.Cl. The van der Waals surface area contributed by atoms with Gasteiger partial charge < -0.3 is 15.4 Å². The molecule has 5 heteroatoms. The number of amides is 1. The minimum Gasteiger partial charge on any atom is -0.491 e. The maximum absolute atomic E-state index is 12.0. The van der Waals surface area contributed by atoms with Crippen LogP contribution in [0.15, 0.2) is 54.6 Å². The molecule has 0 aromatic heterocycles. The standard InChI is InChI=1S/C19H24N2O2.ClH/c1-14(2)23-18-11-9-16(10-12-18)15(3)21-19(22)13-20-17-7-5-4-6-8-17;/h4-12,14-15,20H,13H2,1-3H3,(H,21,22);1H. The van der Waals surface area contributed by atoms with Crippen molar-refractivity contribution >= 4 is 24.0 Å². The summed E-state index contributed by atoms with van der Waals surface area (Å²) in [5.74, 6) is 0.803. The van der Waals surface area contributed by atoms with Crippen LogP contribution in [-0.2, 0) is 4.79 Å². The monoisotopic (exact) mass is 348 g/mol. The van der Waals surface area contributed by atoms with Gasteiger partial charge in [0.2, 0.25) is 5.91 Å². The molecule has 0 saturated heterocycles. The second kappa shape index (κ2) is 9.83. The maximum atomic E-state index is 12.0. The van der Waals surface area contributed by atoms with E-state index in [1.807, 2.05) is 75.4 Å². The van der Waals surface area contributed by atoms with Crippen molar-refractivity contribution < 1.29 is 9.53 Å². The zero-order chi connectivity index (χ0) is 16.7. The van der Waals surface area contributed by atoms with Crippen molar-refractivity contribution in [1.29, 1.82) is 0 Å². The Bertz CT molecular complexity index is 615. The Morgan fingerprint density at radius 2 is 1.62 bits per heavy atom. The van der Waals surface area contributed by atoms with Crippen LogP contribution >= 0.6 is 12.4 Å². The van der Waals surface area contributed by atoms with Gasteiger partial charge in [-0.15, -0.1) is 12.4 Å². The number of carbonyl (C=O) groups excluding carboxylic acids is 1. The summed E-state index contributed by atoms with van der Waals surface area (Å²) >= 11 is 0. The van der Waals surface area contributed by atoms with E-state index in [0.29, 0.717) is 0 Å². The van der Waals surface area contributed by atoms with Crippen LogP contribution in [0, 0.1) is 0 Å². The van der Waals surface area contributed by atoms with Crippen LogP contribution in [0.25, 0.3) is 0 Å². The van der Waals surface area contributed by atoms with Gasteiger partial charge >= 0.3 is 0 Å². The number of benzene rings is 2. The van der Waals surface area contributed by atoms with Gasteiger partial charge in [-0.05, 0) is 50.6 Å². The van der Waals surface area contributed by atoms with E-state index in [1.165, 1.54) is 0 Å². The Morgan fingerprint density at radius 3 is 2.21 bits per heavy atom. The lowest BCUT2D eigenvalue weighted by molar-refractivity contribution is -0.120.